The molecule has 0 aromatic rings. The Labute approximate surface area is 117 Å². The van der Waals surface area contributed by atoms with E-state index in [-0.39, 0.29) is 11.7 Å². The smallest absolute Gasteiger partial charge is 0.244 e. The first kappa shape index (κ1) is 13.4. The summed E-state index contributed by atoms with van der Waals surface area (Å²) in [5, 5.41) is 3.63. The number of carbonyl (C=O) groups is 1. The molecule has 2 unspecified atom stereocenters. The molecule has 2 saturated carbocycles. The van der Waals surface area contributed by atoms with Crippen LogP contribution in [0.25, 0.3) is 0 Å². The zero-order chi connectivity index (χ0) is 13.7. The Kier molecular flexibility index (Phi) is 3.16. The van der Waals surface area contributed by atoms with Gasteiger partial charge in [-0.05, 0) is 44.4 Å². The standard InChI is InChI=1S/C16H28N2O/c1-12-17-16(9-4-5-10-16)14(19)18(12)13-7-6-8-15(2,3)11-13/h12-13,17H,4-11H2,1-3H3. The van der Waals surface area contributed by atoms with Gasteiger partial charge in [0, 0.05) is 6.04 Å². The summed E-state index contributed by atoms with van der Waals surface area (Å²) in [4.78, 5) is 15.1. The van der Waals surface area contributed by atoms with E-state index >= 15 is 0 Å². The molecule has 3 nitrogen and oxygen atoms in total. The molecule has 3 heteroatoms. The molecule has 0 bridgehead atoms. The lowest BCUT2D eigenvalue weighted by Gasteiger charge is -2.41. The van der Waals surface area contributed by atoms with Crippen LogP contribution < -0.4 is 5.32 Å². The molecule has 0 aromatic carbocycles. The first-order valence-corrected chi connectivity index (χ1v) is 8.04. The summed E-state index contributed by atoms with van der Waals surface area (Å²) in [6.07, 6.45) is 9.65. The summed E-state index contributed by atoms with van der Waals surface area (Å²) in [6, 6.07) is 0.457. The van der Waals surface area contributed by atoms with Crippen LogP contribution in [0.2, 0.25) is 0 Å². The molecule has 1 amide bonds. The van der Waals surface area contributed by atoms with Crippen molar-refractivity contribution in [1.82, 2.24) is 10.2 Å². The molecule has 3 rings (SSSR count). The van der Waals surface area contributed by atoms with Crippen molar-refractivity contribution in [2.75, 3.05) is 0 Å². The minimum Gasteiger partial charge on any atom is -0.323 e. The van der Waals surface area contributed by atoms with E-state index in [0.29, 0.717) is 17.4 Å². The van der Waals surface area contributed by atoms with Crippen LogP contribution in [-0.4, -0.2) is 28.6 Å². The molecular formula is C16H28N2O. The molecule has 2 aliphatic carbocycles. The van der Waals surface area contributed by atoms with E-state index in [1.807, 2.05) is 0 Å². The summed E-state index contributed by atoms with van der Waals surface area (Å²) >= 11 is 0. The van der Waals surface area contributed by atoms with Crippen LogP contribution in [-0.2, 0) is 4.79 Å². The molecule has 0 radical (unpaired) electrons. The van der Waals surface area contributed by atoms with Crippen molar-refractivity contribution < 1.29 is 4.79 Å². The Balaban J connectivity index is 1.79. The highest BCUT2D eigenvalue weighted by molar-refractivity contribution is 5.89. The van der Waals surface area contributed by atoms with Crippen molar-refractivity contribution in [3.8, 4) is 0 Å². The van der Waals surface area contributed by atoms with Crippen LogP contribution in [0, 0.1) is 5.41 Å². The zero-order valence-electron chi connectivity index (χ0n) is 12.7. The summed E-state index contributed by atoms with van der Waals surface area (Å²) in [5.41, 5.74) is 0.204. The van der Waals surface area contributed by atoms with Crippen molar-refractivity contribution in [1.29, 1.82) is 0 Å². The van der Waals surface area contributed by atoms with Gasteiger partial charge in [-0.1, -0.05) is 33.1 Å². The topological polar surface area (TPSA) is 32.3 Å². The van der Waals surface area contributed by atoms with Gasteiger partial charge in [0.1, 0.15) is 0 Å². The van der Waals surface area contributed by atoms with Gasteiger partial charge < -0.3 is 4.90 Å². The summed E-state index contributed by atoms with van der Waals surface area (Å²) < 4.78 is 0. The van der Waals surface area contributed by atoms with E-state index in [1.165, 1.54) is 38.5 Å². The quantitative estimate of drug-likeness (QED) is 0.789. The van der Waals surface area contributed by atoms with Crippen LogP contribution in [0.15, 0.2) is 0 Å². The van der Waals surface area contributed by atoms with E-state index in [2.05, 4.69) is 31.0 Å². The lowest BCUT2D eigenvalue weighted by molar-refractivity contribution is -0.136. The molecule has 1 spiro atoms. The maximum absolute atomic E-state index is 12.9. The molecule has 3 fully saturated rings. The Morgan fingerprint density at radius 3 is 2.47 bits per heavy atom. The predicted molar refractivity (Wildman–Crippen MR) is 76.7 cm³/mol. The number of hydrogen-bond donors (Lipinski definition) is 1. The summed E-state index contributed by atoms with van der Waals surface area (Å²) in [6.45, 7) is 6.87. The first-order chi connectivity index (χ1) is 8.94. The van der Waals surface area contributed by atoms with Gasteiger partial charge in [-0.2, -0.15) is 0 Å². The molecule has 108 valence electrons. The maximum atomic E-state index is 12.9. The number of hydrogen-bond acceptors (Lipinski definition) is 2. The van der Waals surface area contributed by atoms with Crippen molar-refractivity contribution in [3.63, 3.8) is 0 Å². The first-order valence-electron chi connectivity index (χ1n) is 8.04. The third-order valence-electron chi connectivity index (χ3n) is 5.58. The highest BCUT2D eigenvalue weighted by Gasteiger charge is 2.53. The number of rotatable bonds is 1. The van der Waals surface area contributed by atoms with Gasteiger partial charge in [-0.3, -0.25) is 10.1 Å². The molecule has 3 aliphatic rings. The molecule has 19 heavy (non-hydrogen) atoms. The van der Waals surface area contributed by atoms with E-state index in [0.717, 1.165) is 12.8 Å². The SMILES string of the molecule is CC1NC2(CCCC2)C(=O)N1C1CCCC(C)(C)C1. The largest absolute Gasteiger partial charge is 0.323 e. The van der Waals surface area contributed by atoms with Crippen molar-refractivity contribution in [3.05, 3.63) is 0 Å². The van der Waals surface area contributed by atoms with E-state index < -0.39 is 0 Å². The fourth-order valence-electron chi connectivity index (χ4n) is 4.67. The number of carbonyl (C=O) groups excluding carboxylic acids is 1. The van der Waals surface area contributed by atoms with Gasteiger partial charge in [0.05, 0.1) is 11.7 Å². The van der Waals surface area contributed by atoms with Gasteiger partial charge in [0.25, 0.3) is 0 Å². The third-order valence-corrected chi connectivity index (χ3v) is 5.58. The zero-order valence-corrected chi connectivity index (χ0v) is 12.7. The van der Waals surface area contributed by atoms with Crippen molar-refractivity contribution >= 4 is 5.91 Å². The normalized spacial score (nSPS) is 37.2. The molecule has 1 aliphatic heterocycles. The Hall–Kier alpha value is -0.570. The number of nitrogens with one attached hydrogen (secondary N) is 1. The highest BCUT2D eigenvalue weighted by atomic mass is 16.2. The lowest BCUT2D eigenvalue weighted by atomic mass is 9.74. The van der Waals surface area contributed by atoms with Gasteiger partial charge in [-0.15, -0.1) is 0 Å². The Bertz CT molecular complexity index is 371. The van der Waals surface area contributed by atoms with E-state index in [1.54, 1.807) is 0 Å². The fourth-order valence-corrected chi connectivity index (χ4v) is 4.67. The van der Waals surface area contributed by atoms with Gasteiger partial charge in [-0.25, -0.2) is 0 Å². The Morgan fingerprint density at radius 2 is 1.84 bits per heavy atom. The molecular weight excluding hydrogens is 236 g/mol. The second kappa shape index (κ2) is 4.47. The minimum absolute atomic E-state index is 0.193. The minimum atomic E-state index is -0.193. The predicted octanol–water partition coefficient (Wildman–Crippen LogP) is 3.05. The van der Waals surface area contributed by atoms with E-state index in [9.17, 15) is 4.79 Å². The fraction of sp³-hybridized carbons (Fsp3) is 0.938. The average Bonchev–Trinajstić information content (AvgIpc) is 2.85. The monoisotopic (exact) mass is 264 g/mol. The average molecular weight is 264 g/mol. The second-order valence-corrected chi connectivity index (χ2v) is 7.74. The van der Waals surface area contributed by atoms with Crippen LogP contribution in [0.3, 0.4) is 0 Å². The number of nitrogens with zero attached hydrogens (tertiary/aromatic N) is 1. The van der Waals surface area contributed by atoms with Gasteiger partial charge >= 0.3 is 0 Å². The summed E-state index contributed by atoms with van der Waals surface area (Å²) in [7, 11) is 0. The molecule has 1 saturated heterocycles. The lowest BCUT2D eigenvalue weighted by Crippen LogP contribution is -2.48. The second-order valence-electron chi connectivity index (χ2n) is 7.74. The summed E-state index contributed by atoms with van der Waals surface area (Å²) in [5.74, 6) is 0.403. The maximum Gasteiger partial charge on any atom is 0.244 e. The number of amides is 1. The van der Waals surface area contributed by atoms with Crippen molar-refractivity contribution in [2.24, 2.45) is 5.41 Å². The highest BCUT2D eigenvalue weighted by Crippen LogP contribution is 2.42. The van der Waals surface area contributed by atoms with Gasteiger partial charge in [0.15, 0.2) is 0 Å². The van der Waals surface area contributed by atoms with E-state index in [4.69, 9.17) is 0 Å². The van der Waals surface area contributed by atoms with Crippen LogP contribution >= 0.6 is 0 Å². The Morgan fingerprint density at radius 1 is 1.16 bits per heavy atom. The third kappa shape index (κ3) is 2.20. The van der Waals surface area contributed by atoms with Gasteiger partial charge in [0.2, 0.25) is 5.91 Å². The molecule has 1 N–H and O–H groups in total. The van der Waals surface area contributed by atoms with Crippen LogP contribution in [0.4, 0.5) is 0 Å². The molecule has 2 atom stereocenters. The van der Waals surface area contributed by atoms with Crippen LogP contribution in [0.1, 0.15) is 72.1 Å². The molecule has 0 aromatic heterocycles. The van der Waals surface area contributed by atoms with Crippen molar-refractivity contribution in [2.45, 2.75) is 89.9 Å². The molecule has 1 heterocycles. The van der Waals surface area contributed by atoms with Crippen LogP contribution in [0.5, 0.6) is 0 Å².